The molecule has 0 aliphatic heterocycles. The minimum Gasteiger partial charge on any atom is -0.495 e. The van der Waals surface area contributed by atoms with Gasteiger partial charge in [-0.3, -0.25) is 0 Å². The third-order valence-corrected chi connectivity index (χ3v) is 5.87. The number of aryl methyl sites for hydroxylation is 1. The van der Waals surface area contributed by atoms with Crippen molar-refractivity contribution in [3.63, 3.8) is 0 Å². The second kappa shape index (κ2) is 5.94. The van der Waals surface area contributed by atoms with E-state index in [4.69, 9.17) is 4.74 Å². The van der Waals surface area contributed by atoms with E-state index in [-0.39, 0.29) is 10.8 Å². The van der Waals surface area contributed by atoms with Crippen LogP contribution in [0.1, 0.15) is 31.2 Å². The van der Waals surface area contributed by atoms with E-state index < -0.39 is 10.0 Å². The third-order valence-electron chi connectivity index (χ3n) is 4.05. The molecule has 0 aliphatic rings. The number of para-hydroxylation sites is 2. The highest BCUT2D eigenvalue weighted by Crippen LogP contribution is 2.31. The molecule has 126 valence electrons. The van der Waals surface area contributed by atoms with Gasteiger partial charge in [-0.25, -0.2) is 17.4 Å². The molecule has 0 spiro atoms. The van der Waals surface area contributed by atoms with Gasteiger partial charge in [0.1, 0.15) is 16.5 Å². The maximum absolute atomic E-state index is 13.3. The number of fused-ring (bicyclic) bond motifs is 1. The van der Waals surface area contributed by atoms with Crippen LogP contribution in [0.2, 0.25) is 0 Å². The van der Waals surface area contributed by atoms with Gasteiger partial charge in [-0.1, -0.05) is 32.0 Å². The minimum absolute atomic E-state index is 0.155. The summed E-state index contributed by atoms with van der Waals surface area (Å²) in [6, 6.07) is 12.5. The Kier molecular flexibility index (Phi) is 4.09. The molecule has 0 saturated heterocycles. The molecule has 0 radical (unpaired) electrons. The molecular formula is C18H20N2O3S. The lowest BCUT2D eigenvalue weighted by Gasteiger charge is -2.15. The molecule has 0 saturated carbocycles. The zero-order valence-electron chi connectivity index (χ0n) is 14.1. The van der Waals surface area contributed by atoms with Crippen LogP contribution in [0.5, 0.6) is 5.75 Å². The van der Waals surface area contributed by atoms with Crippen molar-refractivity contribution < 1.29 is 13.2 Å². The second-order valence-electron chi connectivity index (χ2n) is 5.98. The number of aromatic nitrogens is 2. The molecular weight excluding hydrogens is 324 g/mol. The molecule has 0 fully saturated rings. The number of imidazole rings is 1. The Labute approximate surface area is 142 Å². The first-order chi connectivity index (χ1) is 11.4. The molecule has 0 aliphatic carbocycles. The van der Waals surface area contributed by atoms with Gasteiger partial charge >= 0.3 is 0 Å². The van der Waals surface area contributed by atoms with Gasteiger partial charge in [-0.15, -0.1) is 0 Å². The first kappa shape index (κ1) is 16.5. The molecule has 5 nitrogen and oxygen atoms in total. The fraction of sp³-hybridized carbons (Fsp3) is 0.278. The van der Waals surface area contributed by atoms with Crippen LogP contribution in [0.15, 0.2) is 47.4 Å². The van der Waals surface area contributed by atoms with Gasteiger partial charge in [0.2, 0.25) is 0 Å². The van der Waals surface area contributed by atoms with Gasteiger partial charge in [0.05, 0.1) is 18.1 Å². The number of hydrogen-bond acceptors (Lipinski definition) is 4. The van der Waals surface area contributed by atoms with Crippen molar-refractivity contribution in [3.8, 4) is 5.75 Å². The summed E-state index contributed by atoms with van der Waals surface area (Å²) in [6.45, 7) is 5.74. The molecule has 24 heavy (non-hydrogen) atoms. The Morgan fingerprint density at radius 3 is 2.50 bits per heavy atom. The summed E-state index contributed by atoms with van der Waals surface area (Å²) in [5.74, 6) is 0.968. The van der Waals surface area contributed by atoms with Crippen molar-refractivity contribution in [3.05, 3.63) is 53.9 Å². The Hall–Kier alpha value is -2.34. The number of nitrogens with zero attached hydrogens (tertiary/aromatic N) is 2. The smallest absolute Gasteiger partial charge is 0.273 e. The van der Waals surface area contributed by atoms with Crippen LogP contribution in [0.3, 0.4) is 0 Å². The molecule has 3 aromatic rings. The molecule has 0 atom stereocenters. The molecule has 0 amide bonds. The van der Waals surface area contributed by atoms with E-state index in [9.17, 15) is 8.42 Å². The van der Waals surface area contributed by atoms with Crippen molar-refractivity contribution in [2.45, 2.75) is 31.6 Å². The fourth-order valence-electron chi connectivity index (χ4n) is 2.78. The van der Waals surface area contributed by atoms with E-state index >= 15 is 0 Å². The first-order valence-corrected chi connectivity index (χ1v) is 9.18. The highest BCUT2D eigenvalue weighted by atomic mass is 32.2. The van der Waals surface area contributed by atoms with Crippen molar-refractivity contribution >= 4 is 21.1 Å². The summed E-state index contributed by atoms with van der Waals surface area (Å²) in [5, 5.41) is 0. The van der Waals surface area contributed by atoms with Crippen LogP contribution < -0.4 is 4.74 Å². The van der Waals surface area contributed by atoms with E-state index in [1.807, 2.05) is 26.0 Å². The van der Waals surface area contributed by atoms with Crippen molar-refractivity contribution in [2.75, 3.05) is 7.11 Å². The average Bonchev–Trinajstić information content (AvgIpc) is 2.90. The van der Waals surface area contributed by atoms with Gasteiger partial charge in [0, 0.05) is 0 Å². The fourth-order valence-corrected chi connectivity index (χ4v) is 4.47. The normalized spacial score (nSPS) is 12.0. The zero-order valence-corrected chi connectivity index (χ0v) is 15.0. The number of rotatable bonds is 4. The molecule has 2 aromatic carbocycles. The molecule has 1 heterocycles. The quantitative estimate of drug-likeness (QED) is 0.724. The number of methoxy groups -OCH3 is 1. The van der Waals surface area contributed by atoms with Crippen LogP contribution in [-0.4, -0.2) is 24.5 Å². The average molecular weight is 344 g/mol. The first-order valence-electron chi connectivity index (χ1n) is 7.74. The zero-order chi connectivity index (χ0) is 17.5. The number of hydrogen-bond donors (Lipinski definition) is 0. The molecule has 1 aromatic heterocycles. The standard InChI is InChI=1S/C18H20N2O3S/c1-12(2)14-9-10-17(23-4)18(11-14)24(21,22)20-13(3)19-15-7-5-6-8-16(15)20/h5-12H,1-4H3. The predicted octanol–water partition coefficient (Wildman–Crippen LogP) is 3.71. The van der Waals surface area contributed by atoms with E-state index in [1.54, 1.807) is 37.3 Å². The molecule has 0 unspecified atom stereocenters. The molecule has 0 bridgehead atoms. The van der Waals surface area contributed by atoms with E-state index in [0.29, 0.717) is 22.6 Å². The van der Waals surface area contributed by atoms with Crippen LogP contribution in [0, 0.1) is 6.92 Å². The molecule has 6 heteroatoms. The largest absolute Gasteiger partial charge is 0.495 e. The number of benzene rings is 2. The van der Waals surface area contributed by atoms with Gasteiger partial charge < -0.3 is 4.74 Å². The van der Waals surface area contributed by atoms with Gasteiger partial charge in [-0.05, 0) is 42.7 Å². The predicted molar refractivity (Wildman–Crippen MR) is 94.1 cm³/mol. The van der Waals surface area contributed by atoms with E-state index in [0.717, 1.165) is 5.56 Å². The lowest BCUT2D eigenvalue weighted by Crippen LogP contribution is -2.16. The van der Waals surface area contributed by atoms with E-state index in [2.05, 4.69) is 4.98 Å². The maximum atomic E-state index is 13.3. The summed E-state index contributed by atoms with van der Waals surface area (Å²) < 4.78 is 33.2. The Balaban J connectivity index is 2.31. The SMILES string of the molecule is COc1ccc(C(C)C)cc1S(=O)(=O)n1c(C)nc2ccccc21. The Bertz CT molecular complexity index is 1000. The highest BCUT2D eigenvalue weighted by molar-refractivity contribution is 7.90. The van der Waals surface area contributed by atoms with Gasteiger partial charge in [-0.2, -0.15) is 0 Å². The summed E-state index contributed by atoms with van der Waals surface area (Å²) in [4.78, 5) is 4.52. The third kappa shape index (κ3) is 2.57. The lowest BCUT2D eigenvalue weighted by molar-refractivity contribution is 0.402. The van der Waals surface area contributed by atoms with Crippen molar-refractivity contribution in [2.24, 2.45) is 0 Å². The summed E-state index contributed by atoms with van der Waals surface area (Å²) in [6.07, 6.45) is 0. The summed E-state index contributed by atoms with van der Waals surface area (Å²) in [7, 11) is -2.35. The minimum atomic E-state index is -3.82. The van der Waals surface area contributed by atoms with Crippen molar-refractivity contribution in [1.82, 2.24) is 8.96 Å². The van der Waals surface area contributed by atoms with Crippen molar-refractivity contribution in [1.29, 1.82) is 0 Å². The topological polar surface area (TPSA) is 61.2 Å². The number of ether oxygens (including phenoxy) is 1. The molecule has 3 rings (SSSR count). The second-order valence-corrected chi connectivity index (χ2v) is 7.74. The summed E-state index contributed by atoms with van der Waals surface area (Å²) in [5.41, 5.74) is 2.15. The van der Waals surface area contributed by atoms with Gasteiger partial charge in [0.25, 0.3) is 10.0 Å². The summed E-state index contributed by atoms with van der Waals surface area (Å²) >= 11 is 0. The van der Waals surface area contributed by atoms with Gasteiger partial charge in [0.15, 0.2) is 0 Å². The highest BCUT2D eigenvalue weighted by Gasteiger charge is 2.26. The Morgan fingerprint density at radius 1 is 1.12 bits per heavy atom. The lowest BCUT2D eigenvalue weighted by atomic mass is 10.0. The maximum Gasteiger partial charge on any atom is 0.273 e. The van der Waals surface area contributed by atoms with Crippen LogP contribution in [0.25, 0.3) is 11.0 Å². The molecule has 0 N–H and O–H groups in total. The van der Waals surface area contributed by atoms with E-state index in [1.165, 1.54) is 11.1 Å². The monoisotopic (exact) mass is 344 g/mol. The van der Waals surface area contributed by atoms with Crippen LogP contribution in [-0.2, 0) is 10.0 Å². The van der Waals surface area contributed by atoms with Crippen LogP contribution >= 0.6 is 0 Å². The van der Waals surface area contributed by atoms with Crippen LogP contribution in [0.4, 0.5) is 0 Å². The Morgan fingerprint density at radius 2 is 1.83 bits per heavy atom.